The fourth-order valence-electron chi connectivity index (χ4n) is 5.65. The molecule has 2 aliphatic heterocycles. The Hall–Kier alpha value is -2.68. The number of halogens is 4. The molecular formula is C28H33F4N3O2. The van der Waals surface area contributed by atoms with E-state index in [1.807, 2.05) is 4.90 Å². The number of hydrogen-bond donors (Lipinski definition) is 0. The molecule has 2 saturated heterocycles. The summed E-state index contributed by atoms with van der Waals surface area (Å²) in [6.45, 7) is 3.15. The first kappa shape index (κ1) is 25.9. The van der Waals surface area contributed by atoms with Gasteiger partial charge in [-0.25, -0.2) is 4.39 Å². The third-order valence-corrected chi connectivity index (χ3v) is 8.26. The standard InChI is InChI=1S/C28H33F4N3O2/c29-23-16-21(22-4-6-24(33-17-22)26(36)35-12-1-2-13-35)5-7-25(23)37-18-20-8-14-34(15-9-20)19-27(10-3-11-27)28(30,31)32/h4-7,16-17,20H,1-3,8-15,18-19H2. The highest BCUT2D eigenvalue weighted by Gasteiger charge is 2.58. The number of nitrogens with zero attached hydrogens (tertiary/aromatic N) is 3. The van der Waals surface area contributed by atoms with Gasteiger partial charge >= 0.3 is 6.18 Å². The van der Waals surface area contributed by atoms with Crippen LogP contribution in [0, 0.1) is 17.2 Å². The average Bonchev–Trinajstić information content (AvgIpc) is 3.40. The fourth-order valence-corrected chi connectivity index (χ4v) is 5.65. The van der Waals surface area contributed by atoms with E-state index in [1.54, 1.807) is 35.4 Å². The molecule has 1 saturated carbocycles. The number of alkyl halides is 3. The van der Waals surface area contributed by atoms with Gasteiger partial charge in [0.25, 0.3) is 5.91 Å². The van der Waals surface area contributed by atoms with E-state index in [1.165, 1.54) is 6.07 Å². The second kappa shape index (κ2) is 10.6. The predicted molar refractivity (Wildman–Crippen MR) is 132 cm³/mol. The van der Waals surface area contributed by atoms with Gasteiger partial charge in [0.15, 0.2) is 11.6 Å². The first-order chi connectivity index (χ1) is 17.7. The van der Waals surface area contributed by atoms with Gasteiger partial charge in [0, 0.05) is 31.4 Å². The lowest BCUT2D eigenvalue weighted by molar-refractivity contribution is -0.256. The lowest BCUT2D eigenvalue weighted by atomic mass is 9.67. The van der Waals surface area contributed by atoms with E-state index >= 15 is 0 Å². The molecule has 0 N–H and O–H groups in total. The number of pyridine rings is 1. The van der Waals surface area contributed by atoms with E-state index in [-0.39, 0.29) is 37.0 Å². The van der Waals surface area contributed by atoms with Crippen molar-refractivity contribution in [3.05, 3.63) is 48.0 Å². The second-order valence-electron chi connectivity index (χ2n) is 10.7. The molecule has 0 unspecified atom stereocenters. The van der Waals surface area contributed by atoms with Crippen molar-refractivity contribution in [2.75, 3.05) is 39.3 Å². The summed E-state index contributed by atoms with van der Waals surface area (Å²) in [5.41, 5.74) is 0.207. The van der Waals surface area contributed by atoms with E-state index in [0.29, 0.717) is 42.9 Å². The maximum absolute atomic E-state index is 14.8. The van der Waals surface area contributed by atoms with Crippen LogP contribution in [0.5, 0.6) is 5.75 Å². The third kappa shape index (κ3) is 5.61. The highest BCUT2D eigenvalue weighted by molar-refractivity contribution is 5.92. The molecule has 3 heterocycles. The molecular weight excluding hydrogens is 486 g/mol. The Morgan fingerprint density at radius 1 is 1.00 bits per heavy atom. The van der Waals surface area contributed by atoms with Gasteiger partial charge in [-0.2, -0.15) is 13.2 Å². The van der Waals surface area contributed by atoms with Crippen molar-refractivity contribution in [2.45, 2.75) is 51.1 Å². The summed E-state index contributed by atoms with van der Waals surface area (Å²) >= 11 is 0. The summed E-state index contributed by atoms with van der Waals surface area (Å²) in [6.07, 6.45) is 2.05. The van der Waals surface area contributed by atoms with Crippen molar-refractivity contribution in [1.82, 2.24) is 14.8 Å². The number of likely N-dealkylation sites (tertiary alicyclic amines) is 2. The van der Waals surface area contributed by atoms with Crippen LogP contribution in [0.3, 0.4) is 0 Å². The molecule has 2 aromatic rings. The van der Waals surface area contributed by atoms with E-state index in [0.717, 1.165) is 38.8 Å². The molecule has 9 heteroatoms. The Balaban J connectivity index is 1.12. The highest BCUT2D eigenvalue weighted by atomic mass is 19.4. The Morgan fingerprint density at radius 2 is 1.70 bits per heavy atom. The topological polar surface area (TPSA) is 45.7 Å². The summed E-state index contributed by atoms with van der Waals surface area (Å²) in [7, 11) is 0. The molecule has 37 heavy (non-hydrogen) atoms. The van der Waals surface area contributed by atoms with Gasteiger partial charge in [-0.05, 0) is 81.3 Å². The minimum absolute atomic E-state index is 0.0762. The normalized spacial score (nSPS) is 20.6. The molecule has 0 atom stereocenters. The van der Waals surface area contributed by atoms with Crippen molar-refractivity contribution in [3.8, 4) is 16.9 Å². The highest BCUT2D eigenvalue weighted by Crippen LogP contribution is 2.53. The number of ether oxygens (including phenoxy) is 1. The molecule has 5 nitrogen and oxygen atoms in total. The summed E-state index contributed by atoms with van der Waals surface area (Å²) in [5, 5.41) is 0. The molecule has 1 amide bonds. The van der Waals surface area contributed by atoms with Crippen LogP contribution in [-0.4, -0.2) is 66.2 Å². The number of carbonyl (C=O) groups excluding carboxylic acids is 1. The van der Waals surface area contributed by atoms with E-state index in [4.69, 9.17) is 4.74 Å². The Labute approximate surface area is 214 Å². The Morgan fingerprint density at radius 3 is 2.27 bits per heavy atom. The predicted octanol–water partition coefficient (Wildman–Crippen LogP) is 5.95. The molecule has 0 bridgehead atoms. The summed E-state index contributed by atoms with van der Waals surface area (Å²) in [4.78, 5) is 20.5. The van der Waals surface area contributed by atoms with Crippen LogP contribution in [0.4, 0.5) is 17.6 Å². The van der Waals surface area contributed by atoms with Gasteiger partial charge in [-0.1, -0.05) is 18.6 Å². The van der Waals surface area contributed by atoms with Gasteiger partial charge in [-0.15, -0.1) is 0 Å². The van der Waals surface area contributed by atoms with Crippen LogP contribution in [0.25, 0.3) is 11.1 Å². The monoisotopic (exact) mass is 519 g/mol. The minimum atomic E-state index is -4.14. The molecule has 3 fully saturated rings. The molecule has 0 spiro atoms. The van der Waals surface area contributed by atoms with Crippen molar-refractivity contribution >= 4 is 5.91 Å². The molecule has 1 aliphatic carbocycles. The molecule has 200 valence electrons. The maximum Gasteiger partial charge on any atom is 0.395 e. The molecule has 0 radical (unpaired) electrons. The zero-order chi connectivity index (χ0) is 26.0. The largest absolute Gasteiger partial charge is 0.490 e. The van der Waals surface area contributed by atoms with Crippen molar-refractivity contribution in [2.24, 2.45) is 11.3 Å². The second-order valence-corrected chi connectivity index (χ2v) is 10.7. The average molecular weight is 520 g/mol. The van der Waals surface area contributed by atoms with Gasteiger partial charge in [0.05, 0.1) is 12.0 Å². The fraction of sp³-hybridized carbons (Fsp3) is 0.571. The zero-order valence-electron chi connectivity index (χ0n) is 20.9. The summed E-state index contributed by atoms with van der Waals surface area (Å²) in [5.74, 6) is -0.217. The number of carbonyl (C=O) groups is 1. The van der Waals surface area contributed by atoms with E-state index in [2.05, 4.69) is 4.98 Å². The van der Waals surface area contributed by atoms with Gasteiger partial charge < -0.3 is 14.5 Å². The van der Waals surface area contributed by atoms with Crippen LogP contribution in [0.15, 0.2) is 36.5 Å². The van der Waals surface area contributed by atoms with Crippen LogP contribution < -0.4 is 4.74 Å². The Kier molecular flexibility index (Phi) is 7.43. The van der Waals surface area contributed by atoms with Crippen LogP contribution in [0.2, 0.25) is 0 Å². The smallest absolute Gasteiger partial charge is 0.395 e. The first-order valence-corrected chi connectivity index (χ1v) is 13.2. The van der Waals surface area contributed by atoms with Crippen LogP contribution in [0.1, 0.15) is 55.4 Å². The maximum atomic E-state index is 14.8. The summed E-state index contributed by atoms with van der Waals surface area (Å²) in [6, 6.07) is 8.19. The zero-order valence-corrected chi connectivity index (χ0v) is 20.9. The number of aromatic nitrogens is 1. The SMILES string of the molecule is O=C(c1ccc(-c2ccc(OCC3CCN(CC4(C(F)(F)F)CCC4)CC3)c(F)c2)cn1)N1CCCC1. The van der Waals surface area contributed by atoms with Crippen molar-refractivity contribution in [1.29, 1.82) is 0 Å². The van der Waals surface area contributed by atoms with E-state index in [9.17, 15) is 22.4 Å². The van der Waals surface area contributed by atoms with Gasteiger partial charge in [-0.3, -0.25) is 9.78 Å². The lowest BCUT2D eigenvalue weighted by Gasteiger charge is -2.47. The molecule has 1 aromatic heterocycles. The van der Waals surface area contributed by atoms with Crippen molar-refractivity contribution < 1.29 is 27.1 Å². The number of piperidine rings is 1. The molecule has 5 rings (SSSR count). The molecule has 1 aromatic carbocycles. The van der Waals surface area contributed by atoms with E-state index < -0.39 is 17.4 Å². The van der Waals surface area contributed by atoms with Crippen molar-refractivity contribution in [3.63, 3.8) is 0 Å². The first-order valence-electron chi connectivity index (χ1n) is 13.2. The lowest BCUT2D eigenvalue weighted by Crippen LogP contribution is -2.53. The minimum Gasteiger partial charge on any atom is -0.490 e. The quantitative estimate of drug-likeness (QED) is 0.425. The number of hydrogen-bond acceptors (Lipinski definition) is 4. The third-order valence-electron chi connectivity index (χ3n) is 8.26. The van der Waals surface area contributed by atoms with Crippen LogP contribution >= 0.6 is 0 Å². The van der Waals surface area contributed by atoms with Gasteiger partial charge in [0.1, 0.15) is 5.69 Å². The number of amides is 1. The molecule has 3 aliphatic rings. The summed E-state index contributed by atoms with van der Waals surface area (Å²) < 4.78 is 61.0. The van der Waals surface area contributed by atoms with Crippen LogP contribution in [-0.2, 0) is 0 Å². The number of benzene rings is 1. The number of rotatable bonds is 7. The Bertz CT molecular complexity index is 1090. The van der Waals surface area contributed by atoms with Gasteiger partial charge in [0.2, 0.25) is 0 Å².